The molecule has 0 bridgehead atoms. The lowest BCUT2D eigenvalue weighted by Gasteiger charge is -2.25. The van der Waals surface area contributed by atoms with E-state index in [0.717, 1.165) is 23.8 Å². The maximum absolute atomic E-state index is 12.2. The van der Waals surface area contributed by atoms with Crippen LogP contribution in [-0.2, 0) is 0 Å². The number of urea groups is 1. The smallest absolute Gasteiger partial charge is 0.325 e. The Hall–Kier alpha value is -1.86. The van der Waals surface area contributed by atoms with Crippen molar-refractivity contribution in [1.82, 2.24) is 10.2 Å². The number of carbonyl (C=O) groups is 1. The molecule has 0 fully saturated rings. The third kappa shape index (κ3) is 5.85. The van der Waals surface area contributed by atoms with E-state index in [1.165, 1.54) is 11.3 Å². The summed E-state index contributed by atoms with van der Waals surface area (Å²) in [6.45, 7) is 12.4. The minimum absolute atomic E-state index is 0.364. The molecule has 26 heavy (non-hydrogen) atoms. The standard InChI is InChI=1S/C18H26ClN5OS/c1-11(2)9-24(10-12(3)4)18-23-22-17(26-18)21-16(25)20-15-8-6-7-14(19)13(15)5/h6-8,11-12H,9-10H2,1-5H3,(H2,20,21,22,25). The van der Waals surface area contributed by atoms with Crippen LogP contribution < -0.4 is 15.5 Å². The van der Waals surface area contributed by atoms with Crippen LogP contribution in [0.5, 0.6) is 0 Å². The summed E-state index contributed by atoms with van der Waals surface area (Å²) in [5, 5.41) is 15.8. The fourth-order valence-corrected chi connectivity index (χ4v) is 3.43. The predicted molar refractivity (Wildman–Crippen MR) is 111 cm³/mol. The average Bonchev–Trinajstić information content (AvgIpc) is 2.98. The van der Waals surface area contributed by atoms with Crippen LogP contribution in [0.3, 0.4) is 0 Å². The summed E-state index contributed by atoms with van der Waals surface area (Å²) in [6.07, 6.45) is 0. The van der Waals surface area contributed by atoms with Gasteiger partial charge in [0.15, 0.2) is 0 Å². The number of hydrogen-bond donors (Lipinski definition) is 2. The van der Waals surface area contributed by atoms with Crippen molar-refractivity contribution >= 4 is 44.9 Å². The van der Waals surface area contributed by atoms with Gasteiger partial charge < -0.3 is 10.2 Å². The summed E-state index contributed by atoms with van der Waals surface area (Å²) >= 11 is 7.46. The lowest BCUT2D eigenvalue weighted by molar-refractivity contribution is 0.262. The quantitative estimate of drug-likeness (QED) is 0.670. The third-order valence-electron chi connectivity index (χ3n) is 3.59. The molecule has 0 saturated carbocycles. The normalized spacial score (nSPS) is 11.1. The molecular formula is C18H26ClN5OS. The first-order valence-corrected chi connectivity index (χ1v) is 9.87. The second kappa shape index (κ2) is 9.19. The summed E-state index contributed by atoms with van der Waals surface area (Å²) in [7, 11) is 0. The Balaban J connectivity index is 2.04. The van der Waals surface area contributed by atoms with E-state index in [0.29, 0.717) is 27.7 Å². The highest BCUT2D eigenvalue weighted by Crippen LogP contribution is 2.26. The number of carbonyl (C=O) groups excluding carboxylic acids is 1. The lowest BCUT2D eigenvalue weighted by atomic mass is 10.1. The van der Waals surface area contributed by atoms with Crippen LogP contribution >= 0.6 is 22.9 Å². The number of hydrogen-bond acceptors (Lipinski definition) is 5. The van der Waals surface area contributed by atoms with Gasteiger partial charge in [0.25, 0.3) is 0 Å². The summed E-state index contributed by atoms with van der Waals surface area (Å²) in [6, 6.07) is 5.02. The molecule has 0 saturated heterocycles. The molecular weight excluding hydrogens is 370 g/mol. The molecule has 0 unspecified atom stereocenters. The number of nitrogens with zero attached hydrogens (tertiary/aromatic N) is 3. The van der Waals surface area contributed by atoms with Crippen molar-refractivity contribution in [1.29, 1.82) is 0 Å². The zero-order valence-corrected chi connectivity index (χ0v) is 17.4. The molecule has 0 spiro atoms. The number of aromatic nitrogens is 2. The Kier molecular flexibility index (Phi) is 7.23. The Morgan fingerprint density at radius 2 is 1.81 bits per heavy atom. The molecule has 1 aromatic carbocycles. The van der Waals surface area contributed by atoms with E-state index in [1.807, 2.05) is 6.92 Å². The van der Waals surface area contributed by atoms with Crippen molar-refractivity contribution in [3.63, 3.8) is 0 Å². The Bertz CT molecular complexity index is 737. The summed E-state index contributed by atoms with van der Waals surface area (Å²) < 4.78 is 0. The van der Waals surface area contributed by atoms with E-state index in [4.69, 9.17) is 11.6 Å². The summed E-state index contributed by atoms with van der Waals surface area (Å²) in [4.78, 5) is 14.5. The molecule has 0 aliphatic rings. The van der Waals surface area contributed by atoms with Crippen LogP contribution in [0.25, 0.3) is 0 Å². The molecule has 2 aromatic rings. The molecule has 2 N–H and O–H groups in total. The van der Waals surface area contributed by atoms with E-state index in [2.05, 4.69) is 53.4 Å². The fourth-order valence-electron chi connectivity index (χ4n) is 2.50. The van der Waals surface area contributed by atoms with Gasteiger partial charge in [-0.05, 0) is 36.5 Å². The predicted octanol–water partition coefficient (Wildman–Crippen LogP) is 5.26. The minimum Gasteiger partial charge on any atom is -0.346 e. The van der Waals surface area contributed by atoms with Crippen LogP contribution in [-0.4, -0.2) is 29.3 Å². The molecule has 0 radical (unpaired) electrons. The van der Waals surface area contributed by atoms with E-state index < -0.39 is 0 Å². The minimum atomic E-state index is -0.364. The molecule has 1 heterocycles. The van der Waals surface area contributed by atoms with Gasteiger partial charge in [-0.2, -0.15) is 0 Å². The van der Waals surface area contributed by atoms with Crippen LogP contribution in [0.15, 0.2) is 18.2 Å². The van der Waals surface area contributed by atoms with Crippen molar-refractivity contribution in [3.05, 3.63) is 28.8 Å². The molecule has 0 aliphatic heterocycles. The van der Waals surface area contributed by atoms with Gasteiger partial charge in [-0.25, -0.2) is 4.79 Å². The highest BCUT2D eigenvalue weighted by Gasteiger charge is 2.17. The number of nitrogens with one attached hydrogen (secondary N) is 2. The van der Waals surface area contributed by atoms with Gasteiger partial charge in [-0.3, -0.25) is 5.32 Å². The summed E-state index contributed by atoms with van der Waals surface area (Å²) in [5.41, 5.74) is 1.49. The highest BCUT2D eigenvalue weighted by molar-refractivity contribution is 7.19. The SMILES string of the molecule is Cc1c(Cl)cccc1NC(=O)Nc1nnc(N(CC(C)C)CC(C)C)s1. The van der Waals surface area contributed by atoms with Crippen LogP contribution in [0, 0.1) is 18.8 Å². The zero-order chi connectivity index (χ0) is 19.3. The van der Waals surface area contributed by atoms with E-state index in [1.54, 1.807) is 18.2 Å². The van der Waals surface area contributed by atoms with Crippen molar-refractivity contribution in [2.45, 2.75) is 34.6 Å². The third-order valence-corrected chi connectivity index (χ3v) is 4.90. The van der Waals surface area contributed by atoms with Crippen LogP contribution in [0.4, 0.5) is 20.7 Å². The monoisotopic (exact) mass is 395 g/mol. The van der Waals surface area contributed by atoms with Crippen molar-refractivity contribution < 1.29 is 4.79 Å². The number of amides is 2. The van der Waals surface area contributed by atoms with Gasteiger partial charge in [0.05, 0.1) is 0 Å². The largest absolute Gasteiger partial charge is 0.346 e. The highest BCUT2D eigenvalue weighted by atomic mass is 35.5. The molecule has 0 atom stereocenters. The number of rotatable bonds is 7. The number of benzene rings is 1. The van der Waals surface area contributed by atoms with Crippen molar-refractivity contribution in [3.8, 4) is 0 Å². The molecule has 1 aromatic heterocycles. The van der Waals surface area contributed by atoms with E-state index >= 15 is 0 Å². The maximum Gasteiger partial charge on any atom is 0.325 e. The van der Waals surface area contributed by atoms with Gasteiger partial charge in [-0.15, -0.1) is 10.2 Å². The number of anilines is 3. The molecule has 2 rings (SSSR count). The van der Waals surface area contributed by atoms with Crippen LogP contribution in [0.1, 0.15) is 33.3 Å². The van der Waals surface area contributed by atoms with Crippen molar-refractivity contribution in [2.24, 2.45) is 11.8 Å². The topological polar surface area (TPSA) is 70.1 Å². The zero-order valence-electron chi connectivity index (χ0n) is 15.8. The second-order valence-electron chi connectivity index (χ2n) is 7.07. The lowest BCUT2D eigenvalue weighted by Crippen LogP contribution is -2.31. The average molecular weight is 396 g/mol. The second-order valence-corrected chi connectivity index (χ2v) is 8.44. The Labute approximate surface area is 164 Å². The molecule has 6 nitrogen and oxygen atoms in total. The maximum atomic E-state index is 12.2. The Morgan fingerprint density at radius 1 is 1.15 bits per heavy atom. The number of halogens is 1. The molecule has 0 aliphatic carbocycles. The first kappa shape index (κ1) is 20.5. The van der Waals surface area contributed by atoms with E-state index in [9.17, 15) is 4.79 Å². The molecule has 8 heteroatoms. The molecule has 2 amide bonds. The van der Waals surface area contributed by atoms with Gasteiger partial charge in [0.2, 0.25) is 10.3 Å². The van der Waals surface area contributed by atoms with Gasteiger partial charge >= 0.3 is 6.03 Å². The van der Waals surface area contributed by atoms with Crippen LogP contribution in [0.2, 0.25) is 5.02 Å². The summed E-state index contributed by atoms with van der Waals surface area (Å²) in [5.74, 6) is 1.03. The van der Waals surface area contributed by atoms with Crippen molar-refractivity contribution in [2.75, 3.05) is 28.6 Å². The molecule has 142 valence electrons. The van der Waals surface area contributed by atoms with Gasteiger partial charge in [-0.1, -0.05) is 56.7 Å². The van der Waals surface area contributed by atoms with Gasteiger partial charge in [0.1, 0.15) is 0 Å². The van der Waals surface area contributed by atoms with E-state index in [-0.39, 0.29) is 6.03 Å². The Morgan fingerprint density at radius 3 is 2.42 bits per heavy atom. The first-order chi connectivity index (χ1) is 12.3. The van der Waals surface area contributed by atoms with Gasteiger partial charge in [0, 0.05) is 23.8 Å². The fraction of sp³-hybridized carbons (Fsp3) is 0.500. The first-order valence-electron chi connectivity index (χ1n) is 8.67.